The van der Waals surface area contributed by atoms with Crippen LogP contribution in [0.25, 0.3) is 0 Å². The van der Waals surface area contributed by atoms with Crippen LogP contribution < -0.4 is 11.3 Å². The maximum absolute atomic E-state index is 5.69. The van der Waals surface area contributed by atoms with Crippen molar-refractivity contribution >= 4 is 0 Å². The first-order valence-electron chi connectivity index (χ1n) is 5.79. The van der Waals surface area contributed by atoms with Gasteiger partial charge in [-0.05, 0) is 17.5 Å². The fourth-order valence-electron chi connectivity index (χ4n) is 2.10. The molecule has 2 rings (SSSR count). The van der Waals surface area contributed by atoms with E-state index >= 15 is 0 Å². The number of hydrogen-bond donors (Lipinski definition) is 2. The van der Waals surface area contributed by atoms with E-state index in [2.05, 4.69) is 29.5 Å². The van der Waals surface area contributed by atoms with Crippen molar-refractivity contribution in [3.05, 3.63) is 53.6 Å². The number of aryl methyl sites for hydroxylation is 2. The number of aromatic nitrogens is 2. The van der Waals surface area contributed by atoms with E-state index in [4.69, 9.17) is 5.84 Å². The highest BCUT2D eigenvalue weighted by atomic mass is 15.3. The van der Waals surface area contributed by atoms with Crippen molar-refractivity contribution < 1.29 is 0 Å². The fourth-order valence-corrected chi connectivity index (χ4v) is 2.10. The van der Waals surface area contributed by atoms with Crippen LogP contribution in [-0.2, 0) is 13.5 Å². The molecule has 1 heterocycles. The van der Waals surface area contributed by atoms with Crippen LogP contribution in [0.5, 0.6) is 0 Å². The minimum absolute atomic E-state index is 0.0638. The van der Waals surface area contributed by atoms with Crippen LogP contribution in [0, 0.1) is 0 Å². The van der Waals surface area contributed by atoms with E-state index in [1.54, 1.807) is 6.20 Å². The molecule has 0 spiro atoms. The minimum atomic E-state index is -0.0638. The lowest BCUT2D eigenvalue weighted by molar-refractivity contribution is 0.576. The van der Waals surface area contributed by atoms with E-state index in [1.165, 1.54) is 11.1 Å². The Morgan fingerprint density at radius 3 is 2.76 bits per heavy atom. The maximum atomic E-state index is 5.69. The Morgan fingerprint density at radius 1 is 1.41 bits per heavy atom. The Balaban J connectivity index is 2.46. The molecule has 0 bridgehead atoms. The summed E-state index contributed by atoms with van der Waals surface area (Å²) in [6.45, 7) is 2.14. The highest BCUT2D eigenvalue weighted by molar-refractivity contribution is 5.33. The molecule has 2 aromatic rings. The third-order valence-corrected chi connectivity index (χ3v) is 3.03. The van der Waals surface area contributed by atoms with Gasteiger partial charge in [0, 0.05) is 19.4 Å². The molecule has 4 heteroatoms. The van der Waals surface area contributed by atoms with Gasteiger partial charge in [0.2, 0.25) is 0 Å². The summed E-state index contributed by atoms with van der Waals surface area (Å²) in [5.74, 6) is 6.61. The van der Waals surface area contributed by atoms with E-state index in [-0.39, 0.29) is 6.04 Å². The average Bonchev–Trinajstić information content (AvgIpc) is 2.78. The summed E-state index contributed by atoms with van der Waals surface area (Å²) in [6.07, 6.45) is 4.70. The molecule has 1 aromatic carbocycles. The number of benzene rings is 1. The first-order valence-corrected chi connectivity index (χ1v) is 5.79. The van der Waals surface area contributed by atoms with Gasteiger partial charge in [-0.25, -0.2) is 10.4 Å². The highest BCUT2D eigenvalue weighted by Gasteiger charge is 2.18. The lowest BCUT2D eigenvalue weighted by atomic mass is 9.98. The van der Waals surface area contributed by atoms with Crippen molar-refractivity contribution in [3.63, 3.8) is 0 Å². The van der Waals surface area contributed by atoms with E-state index < -0.39 is 0 Å². The molecule has 3 N–H and O–H groups in total. The van der Waals surface area contributed by atoms with Gasteiger partial charge in [0.05, 0.1) is 0 Å². The molecule has 0 aliphatic heterocycles. The lowest BCUT2D eigenvalue weighted by Crippen LogP contribution is -2.31. The second kappa shape index (κ2) is 5.12. The van der Waals surface area contributed by atoms with Crippen molar-refractivity contribution in [2.24, 2.45) is 12.9 Å². The van der Waals surface area contributed by atoms with Crippen LogP contribution in [0.1, 0.15) is 29.9 Å². The van der Waals surface area contributed by atoms with Gasteiger partial charge < -0.3 is 4.57 Å². The number of nitrogens with zero attached hydrogens (tertiary/aromatic N) is 2. The Morgan fingerprint density at radius 2 is 2.18 bits per heavy atom. The molecule has 0 amide bonds. The maximum Gasteiger partial charge on any atom is 0.131 e. The third kappa shape index (κ3) is 2.23. The van der Waals surface area contributed by atoms with Gasteiger partial charge in [-0.1, -0.05) is 31.2 Å². The first-order chi connectivity index (χ1) is 8.27. The quantitative estimate of drug-likeness (QED) is 0.618. The van der Waals surface area contributed by atoms with Crippen molar-refractivity contribution in [1.29, 1.82) is 0 Å². The molecule has 90 valence electrons. The summed E-state index contributed by atoms with van der Waals surface area (Å²) in [7, 11) is 1.97. The molecule has 1 unspecified atom stereocenters. The van der Waals surface area contributed by atoms with E-state index in [1.807, 2.05) is 29.9 Å². The number of nitrogens with one attached hydrogen (secondary N) is 1. The van der Waals surface area contributed by atoms with Gasteiger partial charge in [0.25, 0.3) is 0 Å². The van der Waals surface area contributed by atoms with Crippen LogP contribution in [0.2, 0.25) is 0 Å². The largest absolute Gasteiger partial charge is 0.336 e. The average molecular weight is 230 g/mol. The highest BCUT2D eigenvalue weighted by Crippen LogP contribution is 2.23. The summed E-state index contributed by atoms with van der Waals surface area (Å²) in [5.41, 5.74) is 5.33. The minimum Gasteiger partial charge on any atom is -0.336 e. The SMILES string of the molecule is CCc1ccccc1C(NN)c1nccn1C. The second-order valence-electron chi connectivity index (χ2n) is 4.05. The van der Waals surface area contributed by atoms with E-state index in [9.17, 15) is 0 Å². The molecule has 1 aromatic heterocycles. The molecule has 0 radical (unpaired) electrons. The van der Waals surface area contributed by atoms with Gasteiger partial charge in [-0.3, -0.25) is 5.84 Å². The van der Waals surface area contributed by atoms with Gasteiger partial charge >= 0.3 is 0 Å². The number of hydrogen-bond acceptors (Lipinski definition) is 3. The van der Waals surface area contributed by atoms with E-state index in [0.717, 1.165) is 12.2 Å². The normalized spacial score (nSPS) is 12.6. The Kier molecular flexibility index (Phi) is 3.56. The molecule has 0 saturated carbocycles. The summed E-state index contributed by atoms with van der Waals surface area (Å²) in [6, 6.07) is 8.24. The van der Waals surface area contributed by atoms with Crippen LogP contribution in [0.3, 0.4) is 0 Å². The first kappa shape index (κ1) is 11.8. The van der Waals surface area contributed by atoms with Crippen molar-refractivity contribution in [2.45, 2.75) is 19.4 Å². The molecule has 1 atom stereocenters. The number of rotatable bonds is 4. The smallest absolute Gasteiger partial charge is 0.131 e. The molecular formula is C13H18N4. The zero-order chi connectivity index (χ0) is 12.3. The zero-order valence-corrected chi connectivity index (χ0v) is 10.2. The predicted octanol–water partition coefficient (Wildman–Crippen LogP) is 1.54. The standard InChI is InChI=1S/C13H18N4/c1-3-10-6-4-5-7-11(10)12(16-14)13-15-8-9-17(13)2/h4-9,12,16H,3,14H2,1-2H3. The molecule has 0 aliphatic carbocycles. The number of nitrogens with two attached hydrogens (primary N) is 1. The van der Waals surface area contributed by atoms with Crippen LogP contribution in [0.4, 0.5) is 0 Å². The molecule has 0 fully saturated rings. The van der Waals surface area contributed by atoms with Gasteiger partial charge in [0.1, 0.15) is 11.9 Å². The Bertz CT molecular complexity index is 490. The Labute approximate surface area is 101 Å². The summed E-state index contributed by atoms with van der Waals surface area (Å²) in [5, 5.41) is 0. The topological polar surface area (TPSA) is 55.9 Å². The van der Waals surface area contributed by atoms with Crippen LogP contribution in [-0.4, -0.2) is 9.55 Å². The lowest BCUT2D eigenvalue weighted by Gasteiger charge is -2.19. The summed E-state index contributed by atoms with van der Waals surface area (Å²) in [4.78, 5) is 4.36. The van der Waals surface area contributed by atoms with Crippen molar-refractivity contribution in [2.75, 3.05) is 0 Å². The van der Waals surface area contributed by atoms with Crippen molar-refractivity contribution in [1.82, 2.24) is 15.0 Å². The monoisotopic (exact) mass is 230 g/mol. The Hall–Kier alpha value is -1.65. The summed E-state index contributed by atoms with van der Waals surface area (Å²) >= 11 is 0. The van der Waals surface area contributed by atoms with Gasteiger partial charge in [0.15, 0.2) is 0 Å². The molecule has 0 aliphatic rings. The molecule has 0 saturated heterocycles. The fraction of sp³-hybridized carbons (Fsp3) is 0.308. The summed E-state index contributed by atoms with van der Waals surface area (Å²) < 4.78 is 1.98. The molecule has 4 nitrogen and oxygen atoms in total. The number of hydrazine groups is 1. The predicted molar refractivity (Wildman–Crippen MR) is 68.2 cm³/mol. The third-order valence-electron chi connectivity index (χ3n) is 3.03. The van der Waals surface area contributed by atoms with Gasteiger partial charge in [-0.2, -0.15) is 0 Å². The van der Waals surface area contributed by atoms with Gasteiger partial charge in [-0.15, -0.1) is 0 Å². The number of imidazole rings is 1. The zero-order valence-electron chi connectivity index (χ0n) is 10.2. The van der Waals surface area contributed by atoms with Crippen LogP contribution in [0.15, 0.2) is 36.7 Å². The molecular weight excluding hydrogens is 212 g/mol. The van der Waals surface area contributed by atoms with Crippen LogP contribution >= 0.6 is 0 Å². The second-order valence-corrected chi connectivity index (χ2v) is 4.05. The molecule has 17 heavy (non-hydrogen) atoms. The van der Waals surface area contributed by atoms with Crippen molar-refractivity contribution in [3.8, 4) is 0 Å². The van der Waals surface area contributed by atoms with E-state index in [0.29, 0.717) is 0 Å².